The average molecular weight is 429 g/mol. The summed E-state index contributed by atoms with van der Waals surface area (Å²) in [6.45, 7) is 10.3. The van der Waals surface area contributed by atoms with Crippen molar-refractivity contribution in [3.63, 3.8) is 0 Å². The third-order valence-corrected chi connectivity index (χ3v) is 5.12. The summed E-state index contributed by atoms with van der Waals surface area (Å²) in [6, 6.07) is 14.0. The van der Waals surface area contributed by atoms with Crippen LogP contribution < -0.4 is 10.2 Å². The Morgan fingerprint density at radius 3 is 2.22 bits per heavy atom. The molecule has 0 saturated carbocycles. The monoisotopic (exact) mass is 428 g/mol. The Morgan fingerprint density at radius 2 is 1.69 bits per heavy atom. The minimum atomic E-state index is -0.911. The minimum Gasteiger partial charge on any atom is -0.350 e. The number of carbonyl (C=O) groups is 2. The molecule has 2 heterocycles. The molecule has 0 radical (unpaired) electrons. The molecule has 0 saturated heterocycles. The topological polar surface area (TPSA) is 75.2 Å². The van der Waals surface area contributed by atoms with E-state index in [-0.39, 0.29) is 17.2 Å². The number of nitrogens with zero attached hydrogens (tertiary/aromatic N) is 3. The van der Waals surface area contributed by atoms with Gasteiger partial charge in [-0.05, 0) is 46.9 Å². The molecule has 1 atom stereocenters. The highest BCUT2D eigenvalue weighted by molar-refractivity contribution is 6.06. The fourth-order valence-electron chi connectivity index (χ4n) is 3.37. The summed E-state index contributed by atoms with van der Waals surface area (Å²) in [5.41, 5.74) is 3.17. The molecule has 6 nitrogen and oxygen atoms in total. The van der Waals surface area contributed by atoms with Crippen molar-refractivity contribution in [2.75, 3.05) is 4.90 Å². The fourth-order valence-corrected chi connectivity index (χ4v) is 3.37. The van der Waals surface area contributed by atoms with E-state index >= 15 is 0 Å². The maximum atomic E-state index is 13.4. The largest absolute Gasteiger partial charge is 0.350 e. The first-order valence-corrected chi connectivity index (χ1v) is 10.4. The maximum Gasteiger partial charge on any atom is 0.251 e. The van der Waals surface area contributed by atoms with Crippen LogP contribution in [0, 0.1) is 0 Å². The summed E-state index contributed by atoms with van der Waals surface area (Å²) in [7, 11) is 0. The van der Waals surface area contributed by atoms with Gasteiger partial charge in [0.1, 0.15) is 6.04 Å². The minimum absolute atomic E-state index is 0.0321. The molecule has 0 bridgehead atoms. The summed E-state index contributed by atoms with van der Waals surface area (Å²) in [5.74, 6) is -0.698. The van der Waals surface area contributed by atoms with E-state index in [0.29, 0.717) is 17.8 Å². The summed E-state index contributed by atoms with van der Waals surface area (Å²) in [6.07, 6.45) is 7.81. The molecule has 1 unspecified atom stereocenters. The normalized spacial score (nSPS) is 12.0. The van der Waals surface area contributed by atoms with Crippen LogP contribution in [0.15, 0.2) is 86.0 Å². The number of benzene rings is 1. The molecule has 0 fully saturated rings. The van der Waals surface area contributed by atoms with Crippen molar-refractivity contribution in [3.05, 3.63) is 103 Å². The molecule has 1 aromatic carbocycles. The quantitative estimate of drug-likeness (QED) is 0.568. The molecule has 6 heteroatoms. The molecule has 3 rings (SSSR count). The molecule has 0 aliphatic carbocycles. The van der Waals surface area contributed by atoms with Crippen molar-refractivity contribution >= 4 is 17.5 Å². The zero-order chi connectivity index (χ0) is 23.1. The second kappa shape index (κ2) is 10.0. The van der Waals surface area contributed by atoms with Gasteiger partial charge in [0.05, 0.1) is 0 Å². The highest BCUT2D eigenvalue weighted by atomic mass is 16.2. The van der Waals surface area contributed by atoms with Crippen molar-refractivity contribution in [3.8, 4) is 0 Å². The second-order valence-corrected chi connectivity index (χ2v) is 8.48. The van der Waals surface area contributed by atoms with Crippen LogP contribution in [0.5, 0.6) is 0 Å². The van der Waals surface area contributed by atoms with Gasteiger partial charge in [-0.3, -0.25) is 24.5 Å². The Kier molecular flexibility index (Phi) is 7.15. The first kappa shape index (κ1) is 22.9. The van der Waals surface area contributed by atoms with Crippen LogP contribution >= 0.6 is 0 Å². The van der Waals surface area contributed by atoms with E-state index in [1.807, 2.05) is 36.4 Å². The Morgan fingerprint density at radius 1 is 1.03 bits per heavy atom. The van der Waals surface area contributed by atoms with Crippen molar-refractivity contribution in [2.45, 2.75) is 38.8 Å². The van der Waals surface area contributed by atoms with Crippen LogP contribution in [0.1, 0.15) is 43.5 Å². The number of amides is 2. The van der Waals surface area contributed by atoms with Crippen LogP contribution in [0.3, 0.4) is 0 Å². The molecule has 0 aliphatic rings. The van der Waals surface area contributed by atoms with E-state index in [0.717, 1.165) is 11.1 Å². The number of pyridine rings is 2. The van der Waals surface area contributed by atoms with Gasteiger partial charge in [0.25, 0.3) is 5.91 Å². The van der Waals surface area contributed by atoms with Crippen molar-refractivity contribution < 1.29 is 9.59 Å². The number of carbonyl (C=O) groups excluding carboxylic acids is 2. The van der Waals surface area contributed by atoms with Gasteiger partial charge >= 0.3 is 0 Å². The van der Waals surface area contributed by atoms with Gasteiger partial charge in [-0.1, -0.05) is 51.6 Å². The van der Waals surface area contributed by atoms with Crippen LogP contribution in [0.25, 0.3) is 0 Å². The predicted molar refractivity (Wildman–Crippen MR) is 126 cm³/mol. The lowest BCUT2D eigenvalue weighted by Crippen LogP contribution is -2.43. The van der Waals surface area contributed by atoms with Gasteiger partial charge < -0.3 is 5.32 Å². The zero-order valence-electron chi connectivity index (χ0n) is 18.7. The maximum absolute atomic E-state index is 13.4. The fraction of sp³-hybridized carbons (Fsp3) is 0.231. The molecule has 2 aromatic heterocycles. The highest BCUT2D eigenvalue weighted by Gasteiger charge is 2.32. The number of rotatable bonds is 7. The van der Waals surface area contributed by atoms with Crippen LogP contribution in [-0.2, 0) is 21.5 Å². The van der Waals surface area contributed by atoms with Gasteiger partial charge in [0.15, 0.2) is 0 Å². The molecule has 32 heavy (non-hydrogen) atoms. The van der Waals surface area contributed by atoms with Gasteiger partial charge in [0.2, 0.25) is 5.91 Å². The Hall–Kier alpha value is -3.80. The van der Waals surface area contributed by atoms with Gasteiger partial charge in [-0.15, -0.1) is 0 Å². The smallest absolute Gasteiger partial charge is 0.251 e. The number of nitrogens with one attached hydrogen (secondary N) is 1. The number of anilines is 1. The number of hydrogen-bond acceptors (Lipinski definition) is 4. The van der Waals surface area contributed by atoms with Crippen molar-refractivity contribution in [2.24, 2.45) is 0 Å². The lowest BCUT2D eigenvalue weighted by atomic mass is 9.87. The lowest BCUT2D eigenvalue weighted by Gasteiger charge is -2.31. The van der Waals surface area contributed by atoms with E-state index in [1.165, 1.54) is 11.0 Å². The van der Waals surface area contributed by atoms with Crippen molar-refractivity contribution in [1.29, 1.82) is 0 Å². The Bertz CT molecular complexity index is 1060. The Balaban J connectivity index is 1.99. The predicted octanol–water partition coefficient (Wildman–Crippen LogP) is 4.35. The van der Waals surface area contributed by atoms with E-state index in [4.69, 9.17) is 0 Å². The van der Waals surface area contributed by atoms with Crippen LogP contribution in [-0.4, -0.2) is 21.8 Å². The van der Waals surface area contributed by atoms with Crippen LogP contribution in [0.2, 0.25) is 0 Å². The molecule has 3 aromatic rings. The summed E-state index contributed by atoms with van der Waals surface area (Å²) >= 11 is 0. The van der Waals surface area contributed by atoms with E-state index in [1.54, 1.807) is 36.9 Å². The zero-order valence-corrected chi connectivity index (χ0v) is 18.7. The molecule has 2 amide bonds. The number of hydrogen-bond donors (Lipinski definition) is 1. The molecule has 0 aliphatic heterocycles. The Labute approximate surface area is 189 Å². The molecule has 164 valence electrons. The van der Waals surface area contributed by atoms with Gasteiger partial charge in [0, 0.05) is 42.6 Å². The third kappa shape index (κ3) is 5.46. The lowest BCUT2D eigenvalue weighted by molar-refractivity contribution is -0.125. The third-order valence-electron chi connectivity index (χ3n) is 5.12. The molecule has 0 spiro atoms. The summed E-state index contributed by atoms with van der Waals surface area (Å²) < 4.78 is 0. The number of aromatic nitrogens is 2. The van der Waals surface area contributed by atoms with Crippen LogP contribution in [0.4, 0.5) is 5.69 Å². The van der Waals surface area contributed by atoms with Gasteiger partial charge in [-0.2, -0.15) is 0 Å². The van der Waals surface area contributed by atoms with Gasteiger partial charge in [-0.25, -0.2) is 0 Å². The standard InChI is InChI=1S/C26H28N4O2/c1-5-23(31)30(22-12-10-21(11-13-22)26(2,3)4)24(20-9-7-15-28-18-20)25(32)29-17-19-8-6-14-27-16-19/h5-16,18,24H,1,17H2,2-4H3,(H,29,32). The van der Waals surface area contributed by atoms with E-state index in [2.05, 4.69) is 42.6 Å². The first-order chi connectivity index (χ1) is 15.3. The van der Waals surface area contributed by atoms with E-state index < -0.39 is 6.04 Å². The SMILES string of the molecule is C=CC(=O)N(c1ccc(C(C)(C)C)cc1)C(C(=O)NCc1cccnc1)c1cccnc1. The first-order valence-electron chi connectivity index (χ1n) is 10.4. The second-order valence-electron chi connectivity index (χ2n) is 8.48. The van der Waals surface area contributed by atoms with E-state index in [9.17, 15) is 9.59 Å². The average Bonchev–Trinajstić information content (AvgIpc) is 2.81. The van der Waals surface area contributed by atoms with Crippen molar-refractivity contribution in [1.82, 2.24) is 15.3 Å². The highest BCUT2D eigenvalue weighted by Crippen LogP contribution is 2.30. The molecular weight excluding hydrogens is 400 g/mol. The molecular formula is C26H28N4O2. The summed E-state index contributed by atoms with van der Waals surface area (Å²) in [4.78, 5) is 36.1. The molecule has 1 N–H and O–H groups in total. The summed E-state index contributed by atoms with van der Waals surface area (Å²) in [5, 5.41) is 2.93.